The zero-order valence-corrected chi connectivity index (χ0v) is 11.5. The van der Waals surface area contributed by atoms with Gasteiger partial charge in [-0.05, 0) is 45.2 Å². The Morgan fingerprint density at radius 3 is 2.72 bits per heavy atom. The zero-order valence-electron chi connectivity index (χ0n) is 11.5. The minimum Gasteiger partial charge on any atom is -0.344 e. The average Bonchev–Trinajstić information content (AvgIpc) is 2.69. The summed E-state index contributed by atoms with van der Waals surface area (Å²) in [4.78, 5) is 14.6. The number of carbonyl (C=O) groups excluding carboxylic acids is 1. The van der Waals surface area contributed by atoms with Gasteiger partial charge in [0.05, 0.1) is 0 Å². The van der Waals surface area contributed by atoms with E-state index in [-0.39, 0.29) is 18.0 Å². The summed E-state index contributed by atoms with van der Waals surface area (Å²) in [6, 6.07) is 4.11. The van der Waals surface area contributed by atoms with Crippen LogP contribution in [0.4, 0.5) is 0 Å². The van der Waals surface area contributed by atoms with Crippen LogP contribution >= 0.6 is 0 Å². The quantitative estimate of drug-likeness (QED) is 0.867. The maximum Gasteiger partial charge on any atom is 0.270 e. The van der Waals surface area contributed by atoms with Gasteiger partial charge < -0.3 is 15.2 Å². The number of aryl methyl sites for hydroxylation is 1. The number of nitrogens with zero attached hydrogens (tertiary/aromatic N) is 2. The minimum absolute atomic E-state index is 0.0376. The van der Waals surface area contributed by atoms with Gasteiger partial charge in [-0.3, -0.25) is 4.79 Å². The highest BCUT2D eigenvalue weighted by atomic mass is 16.2. The Balaban J connectivity index is 2.23. The van der Waals surface area contributed by atoms with E-state index < -0.39 is 0 Å². The normalized spacial score (nSPS) is 22.0. The SMILES string of the molecule is Cc1ccc(C(=O)N2CCCC[C@H]2[C@@H](C)N)n1C. The molecule has 1 aromatic rings. The number of hydrogen-bond donors (Lipinski definition) is 1. The first-order valence-electron chi connectivity index (χ1n) is 6.71. The van der Waals surface area contributed by atoms with E-state index in [1.54, 1.807) is 0 Å². The third-order valence-electron chi connectivity index (χ3n) is 4.01. The van der Waals surface area contributed by atoms with Crippen molar-refractivity contribution in [1.29, 1.82) is 0 Å². The molecule has 1 aliphatic rings. The molecule has 2 rings (SSSR count). The van der Waals surface area contributed by atoms with Crippen LogP contribution in [0.25, 0.3) is 0 Å². The number of hydrogen-bond acceptors (Lipinski definition) is 2. The van der Waals surface area contributed by atoms with Gasteiger partial charge in [-0.1, -0.05) is 0 Å². The summed E-state index contributed by atoms with van der Waals surface area (Å²) >= 11 is 0. The smallest absolute Gasteiger partial charge is 0.270 e. The molecule has 2 N–H and O–H groups in total. The summed E-state index contributed by atoms with van der Waals surface area (Å²) in [5, 5.41) is 0. The van der Waals surface area contributed by atoms with Crippen LogP contribution in [-0.4, -0.2) is 34.0 Å². The fourth-order valence-electron chi connectivity index (χ4n) is 2.73. The number of amides is 1. The highest BCUT2D eigenvalue weighted by molar-refractivity contribution is 5.93. The van der Waals surface area contributed by atoms with Gasteiger partial charge >= 0.3 is 0 Å². The highest BCUT2D eigenvalue weighted by Crippen LogP contribution is 2.22. The van der Waals surface area contributed by atoms with E-state index in [2.05, 4.69) is 0 Å². The Kier molecular flexibility index (Phi) is 3.76. The monoisotopic (exact) mass is 249 g/mol. The molecule has 0 saturated carbocycles. The maximum absolute atomic E-state index is 12.6. The van der Waals surface area contributed by atoms with Crippen molar-refractivity contribution >= 4 is 5.91 Å². The van der Waals surface area contributed by atoms with Gasteiger partial charge in [0, 0.05) is 31.4 Å². The first-order chi connectivity index (χ1) is 8.52. The fourth-order valence-corrected chi connectivity index (χ4v) is 2.73. The zero-order chi connectivity index (χ0) is 13.3. The molecule has 4 heteroatoms. The van der Waals surface area contributed by atoms with E-state index in [1.165, 1.54) is 6.42 Å². The molecule has 0 bridgehead atoms. The molecule has 2 atom stereocenters. The molecule has 1 fully saturated rings. The number of rotatable bonds is 2. The molecule has 18 heavy (non-hydrogen) atoms. The lowest BCUT2D eigenvalue weighted by Crippen LogP contribution is -2.52. The molecular formula is C14H23N3O. The molecule has 0 aromatic carbocycles. The van der Waals surface area contributed by atoms with Crippen molar-refractivity contribution in [2.45, 2.75) is 45.2 Å². The van der Waals surface area contributed by atoms with Gasteiger partial charge in [0.1, 0.15) is 5.69 Å². The molecule has 1 amide bonds. The van der Waals surface area contributed by atoms with E-state index in [1.807, 2.05) is 42.5 Å². The standard InChI is InChI=1S/C14H23N3O/c1-10-7-8-13(16(10)3)14(18)17-9-5-4-6-12(17)11(2)15/h7-8,11-12H,4-6,9,15H2,1-3H3/t11-,12+/m1/s1. The van der Waals surface area contributed by atoms with E-state index in [0.717, 1.165) is 30.8 Å². The second-order valence-corrected chi connectivity index (χ2v) is 5.34. The third kappa shape index (κ3) is 2.29. The van der Waals surface area contributed by atoms with Crippen LogP contribution in [0.5, 0.6) is 0 Å². The predicted octanol–water partition coefficient (Wildman–Crippen LogP) is 1.68. The van der Waals surface area contributed by atoms with Crippen molar-refractivity contribution in [3.05, 3.63) is 23.5 Å². The first-order valence-corrected chi connectivity index (χ1v) is 6.71. The molecule has 1 aromatic heterocycles. The largest absolute Gasteiger partial charge is 0.344 e. The van der Waals surface area contributed by atoms with Crippen LogP contribution in [-0.2, 0) is 7.05 Å². The summed E-state index contributed by atoms with van der Waals surface area (Å²) in [5.74, 6) is 0.118. The number of likely N-dealkylation sites (tertiary alicyclic amines) is 1. The topological polar surface area (TPSA) is 51.3 Å². The van der Waals surface area contributed by atoms with Gasteiger partial charge in [-0.2, -0.15) is 0 Å². The van der Waals surface area contributed by atoms with Crippen LogP contribution in [0, 0.1) is 6.92 Å². The summed E-state index contributed by atoms with van der Waals surface area (Å²) in [7, 11) is 1.94. The molecule has 0 unspecified atom stereocenters. The lowest BCUT2D eigenvalue weighted by atomic mass is 9.96. The second kappa shape index (κ2) is 5.14. The Hall–Kier alpha value is -1.29. The van der Waals surface area contributed by atoms with Crippen molar-refractivity contribution in [3.8, 4) is 0 Å². The van der Waals surface area contributed by atoms with E-state index >= 15 is 0 Å². The van der Waals surface area contributed by atoms with Crippen molar-refractivity contribution < 1.29 is 4.79 Å². The van der Waals surface area contributed by atoms with Crippen LogP contribution < -0.4 is 5.73 Å². The number of piperidine rings is 1. The Morgan fingerprint density at radius 1 is 1.44 bits per heavy atom. The van der Waals surface area contributed by atoms with Gasteiger partial charge in [0.25, 0.3) is 5.91 Å². The molecule has 0 radical (unpaired) electrons. The summed E-state index contributed by atoms with van der Waals surface area (Å²) < 4.78 is 1.95. The van der Waals surface area contributed by atoms with Crippen LogP contribution in [0.3, 0.4) is 0 Å². The van der Waals surface area contributed by atoms with E-state index in [0.29, 0.717) is 0 Å². The lowest BCUT2D eigenvalue weighted by molar-refractivity contribution is 0.0574. The number of carbonyl (C=O) groups is 1. The first kappa shape index (κ1) is 13.1. The molecule has 0 spiro atoms. The Bertz CT molecular complexity index is 436. The second-order valence-electron chi connectivity index (χ2n) is 5.34. The number of nitrogens with two attached hydrogens (primary N) is 1. The van der Waals surface area contributed by atoms with Crippen LogP contribution in [0.2, 0.25) is 0 Å². The van der Waals surface area contributed by atoms with Crippen molar-refractivity contribution in [3.63, 3.8) is 0 Å². The molecule has 100 valence electrons. The summed E-state index contributed by atoms with van der Waals surface area (Å²) in [6.07, 6.45) is 3.27. The Morgan fingerprint density at radius 2 is 2.17 bits per heavy atom. The van der Waals surface area contributed by atoms with E-state index in [4.69, 9.17) is 5.73 Å². The van der Waals surface area contributed by atoms with Crippen LogP contribution in [0.1, 0.15) is 42.4 Å². The van der Waals surface area contributed by atoms with Gasteiger partial charge in [-0.15, -0.1) is 0 Å². The fraction of sp³-hybridized carbons (Fsp3) is 0.643. The summed E-state index contributed by atoms with van der Waals surface area (Å²) in [5.41, 5.74) is 7.88. The van der Waals surface area contributed by atoms with Crippen LogP contribution in [0.15, 0.2) is 12.1 Å². The highest BCUT2D eigenvalue weighted by Gasteiger charge is 2.30. The molecule has 2 heterocycles. The molecule has 0 aliphatic carbocycles. The number of aromatic nitrogens is 1. The molecule has 1 aliphatic heterocycles. The summed E-state index contributed by atoms with van der Waals surface area (Å²) in [6.45, 7) is 4.83. The maximum atomic E-state index is 12.6. The van der Waals surface area contributed by atoms with Crippen molar-refractivity contribution in [2.24, 2.45) is 12.8 Å². The van der Waals surface area contributed by atoms with Crippen molar-refractivity contribution in [1.82, 2.24) is 9.47 Å². The van der Waals surface area contributed by atoms with E-state index in [9.17, 15) is 4.79 Å². The molecule has 1 saturated heterocycles. The minimum atomic E-state index is 0.0376. The molecular weight excluding hydrogens is 226 g/mol. The van der Waals surface area contributed by atoms with Gasteiger partial charge in [0.15, 0.2) is 0 Å². The van der Waals surface area contributed by atoms with Crippen molar-refractivity contribution in [2.75, 3.05) is 6.54 Å². The molecule has 4 nitrogen and oxygen atoms in total. The predicted molar refractivity (Wildman–Crippen MR) is 72.5 cm³/mol. The average molecular weight is 249 g/mol. The third-order valence-corrected chi connectivity index (χ3v) is 4.01. The Labute approximate surface area is 109 Å². The van der Waals surface area contributed by atoms with Gasteiger partial charge in [0.2, 0.25) is 0 Å². The van der Waals surface area contributed by atoms with Gasteiger partial charge in [-0.25, -0.2) is 0 Å². The lowest BCUT2D eigenvalue weighted by Gasteiger charge is -2.38.